The van der Waals surface area contributed by atoms with E-state index >= 15 is 0 Å². The number of amides is 1. The van der Waals surface area contributed by atoms with Gasteiger partial charge in [0.1, 0.15) is 6.10 Å². The topological polar surface area (TPSA) is 55.6 Å². The van der Waals surface area contributed by atoms with Crippen LogP contribution in [0.3, 0.4) is 0 Å². The van der Waals surface area contributed by atoms with Gasteiger partial charge in [0.05, 0.1) is 0 Å². The van der Waals surface area contributed by atoms with E-state index in [0.29, 0.717) is 0 Å². The van der Waals surface area contributed by atoms with Crippen molar-refractivity contribution in [3.8, 4) is 0 Å². The Morgan fingerprint density at radius 2 is 1.86 bits per heavy atom. The molecule has 3 rings (SSSR count). The van der Waals surface area contributed by atoms with Crippen LogP contribution in [-0.4, -0.2) is 36.7 Å². The second kappa shape index (κ2) is 6.79. The van der Waals surface area contributed by atoms with Crippen LogP contribution in [0, 0.1) is 0 Å². The van der Waals surface area contributed by atoms with E-state index in [9.17, 15) is 4.79 Å². The first-order valence-corrected chi connectivity index (χ1v) is 7.87. The Balaban J connectivity index is 1.51. The molecule has 0 unspecified atom stereocenters. The molecule has 0 radical (unpaired) electrons. The van der Waals surface area contributed by atoms with Gasteiger partial charge in [0.2, 0.25) is 0 Å². The van der Waals surface area contributed by atoms with E-state index in [1.54, 1.807) is 0 Å². The van der Waals surface area contributed by atoms with Crippen molar-refractivity contribution in [3.05, 3.63) is 48.0 Å². The van der Waals surface area contributed by atoms with Crippen molar-refractivity contribution >= 4 is 16.9 Å². The number of nitrogens with two attached hydrogens (primary N) is 1. The summed E-state index contributed by atoms with van der Waals surface area (Å²) in [5.41, 5.74) is 6.43. The van der Waals surface area contributed by atoms with E-state index in [1.165, 1.54) is 16.3 Å². The fraction of sp³-hybridized carbons (Fsp3) is 0.389. The molecule has 2 aromatic rings. The fourth-order valence-corrected chi connectivity index (χ4v) is 3.10. The molecule has 4 heteroatoms. The van der Waals surface area contributed by atoms with Gasteiger partial charge in [-0.15, -0.1) is 0 Å². The maximum absolute atomic E-state index is 10.8. The number of piperidine rings is 1. The number of hydrogen-bond donors (Lipinski definition) is 1. The number of hydrogen-bond acceptors (Lipinski definition) is 3. The number of fused-ring (bicyclic) bond motifs is 1. The zero-order chi connectivity index (χ0) is 15.4. The third-order valence-electron chi connectivity index (χ3n) is 4.35. The normalized spacial score (nSPS) is 16.7. The highest BCUT2D eigenvalue weighted by Gasteiger charge is 2.21. The lowest BCUT2D eigenvalue weighted by atomic mass is 10.0. The average Bonchev–Trinajstić information content (AvgIpc) is 2.53. The van der Waals surface area contributed by atoms with Crippen molar-refractivity contribution < 1.29 is 9.53 Å². The molecule has 1 aliphatic rings. The molecule has 1 aliphatic heterocycles. The zero-order valence-electron chi connectivity index (χ0n) is 12.7. The zero-order valence-corrected chi connectivity index (χ0v) is 12.7. The molecular formula is C18H22N2O2. The van der Waals surface area contributed by atoms with Crippen LogP contribution in [0.1, 0.15) is 18.4 Å². The third-order valence-corrected chi connectivity index (χ3v) is 4.35. The summed E-state index contributed by atoms with van der Waals surface area (Å²) in [5.74, 6) is 0. The first-order chi connectivity index (χ1) is 10.7. The first kappa shape index (κ1) is 14.9. The third kappa shape index (κ3) is 3.77. The van der Waals surface area contributed by atoms with E-state index in [-0.39, 0.29) is 6.10 Å². The maximum Gasteiger partial charge on any atom is 0.404 e. The number of ether oxygens (including phenoxy) is 1. The number of nitrogens with zero attached hydrogens (tertiary/aromatic N) is 1. The molecule has 22 heavy (non-hydrogen) atoms. The Labute approximate surface area is 130 Å². The molecule has 0 aliphatic carbocycles. The van der Waals surface area contributed by atoms with Crippen LogP contribution >= 0.6 is 0 Å². The monoisotopic (exact) mass is 298 g/mol. The molecule has 2 N–H and O–H groups in total. The minimum absolute atomic E-state index is 0.00517. The molecule has 1 fully saturated rings. The van der Waals surface area contributed by atoms with Gasteiger partial charge in [-0.3, -0.25) is 0 Å². The van der Waals surface area contributed by atoms with E-state index in [4.69, 9.17) is 10.5 Å². The Bertz CT molecular complexity index is 648. The Morgan fingerprint density at radius 1 is 1.14 bits per heavy atom. The summed E-state index contributed by atoms with van der Waals surface area (Å²) >= 11 is 0. The smallest absolute Gasteiger partial charge is 0.404 e. The van der Waals surface area contributed by atoms with Gasteiger partial charge < -0.3 is 15.4 Å². The SMILES string of the molecule is NC(=O)OC1CCN(CCc2ccc3ccccc3c2)CC1. The van der Waals surface area contributed by atoms with Crippen LogP contribution in [-0.2, 0) is 11.2 Å². The van der Waals surface area contributed by atoms with Crippen LogP contribution in [0.4, 0.5) is 4.79 Å². The second-order valence-corrected chi connectivity index (χ2v) is 5.91. The van der Waals surface area contributed by atoms with Gasteiger partial charge in [0.25, 0.3) is 0 Å². The van der Waals surface area contributed by atoms with E-state index in [0.717, 1.165) is 38.9 Å². The van der Waals surface area contributed by atoms with Crippen LogP contribution in [0.25, 0.3) is 10.8 Å². The highest BCUT2D eigenvalue weighted by atomic mass is 16.6. The van der Waals surface area contributed by atoms with Crippen LogP contribution in [0.5, 0.6) is 0 Å². The molecule has 1 heterocycles. The fourth-order valence-electron chi connectivity index (χ4n) is 3.10. The summed E-state index contributed by atoms with van der Waals surface area (Å²) in [5, 5.41) is 2.59. The van der Waals surface area contributed by atoms with Gasteiger partial charge in [-0.25, -0.2) is 4.79 Å². The number of primary amides is 1. The number of likely N-dealkylation sites (tertiary alicyclic amines) is 1. The average molecular weight is 298 g/mol. The molecule has 0 spiro atoms. The lowest BCUT2D eigenvalue weighted by Crippen LogP contribution is -2.39. The van der Waals surface area contributed by atoms with Crippen molar-refractivity contribution in [1.82, 2.24) is 4.90 Å². The van der Waals surface area contributed by atoms with Crippen LogP contribution < -0.4 is 5.73 Å². The molecule has 0 bridgehead atoms. The first-order valence-electron chi connectivity index (χ1n) is 7.87. The van der Waals surface area contributed by atoms with E-state index < -0.39 is 6.09 Å². The van der Waals surface area contributed by atoms with Crippen molar-refractivity contribution in [2.75, 3.05) is 19.6 Å². The van der Waals surface area contributed by atoms with Crippen molar-refractivity contribution in [2.45, 2.75) is 25.4 Å². The van der Waals surface area contributed by atoms with Gasteiger partial charge in [-0.05, 0) is 35.6 Å². The molecule has 0 atom stereocenters. The Kier molecular flexibility index (Phi) is 4.59. The van der Waals surface area contributed by atoms with E-state index in [2.05, 4.69) is 47.4 Å². The van der Waals surface area contributed by atoms with Gasteiger partial charge in [0.15, 0.2) is 0 Å². The van der Waals surface area contributed by atoms with Gasteiger partial charge >= 0.3 is 6.09 Å². The second-order valence-electron chi connectivity index (χ2n) is 5.91. The number of benzene rings is 2. The van der Waals surface area contributed by atoms with Gasteiger partial charge in [-0.1, -0.05) is 42.5 Å². The van der Waals surface area contributed by atoms with Gasteiger partial charge in [0, 0.05) is 19.6 Å². The molecular weight excluding hydrogens is 276 g/mol. The van der Waals surface area contributed by atoms with Crippen molar-refractivity contribution in [2.24, 2.45) is 5.73 Å². The summed E-state index contributed by atoms with van der Waals surface area (Å²) in [6.07, 6.45) is 2.14. The molecule has 0 saturated carbocycles. The minimum Gasteiger partial charge on any atom is -0.446 e. The summed E-state index contributed by atoms with van der Waals surface area (Å²) < 4.78 is 5.06. The summed E-state index contributed by atoms with van der Waals surface area (Å²) in [4.78, 5) is 13.2. The summed E-state index contributed by atoms with van der Waals surface area (Å²) in [7, 11) is 0. The quantitative estimate of drug-likeness (QED) is 0.944. The maximum atomic E-state index is 10.8. The molecule has 0 aromatic heterocycles. The van der Waals surface area contributed by atoms with E-state index in [1.807, 2.05) is 0 Å². The summed E-state index contributed by atoms with van der Waals surface area (Å²) in [6, 6.07) is 15.1. The van der Waals surface area contributed by atoms with Gasteiger partial charge in [-0.2, -0.15) is 0 Å². The molecule has 2 aromatic carbocycles. The number of carbonyl (C=O) groups excluding carboxylic acids is 1. The minimum atomic E-state index is -0.658. The molecule has 1 saturated heterocycles. The standard InChI is InChI=1S/C18H22N2O2/c19-18(21)22-17-8-11-20(12-9-17)10-7-14-5-6-15-3-1-2-4-16(15)13-14/h1-6,13,17H,7-12H2,(H2,19,21). The lowest BCUT2D eigenvalue weighted by molar-refractivity contribution is 0.0566. The lowest BCUT2D eigenvalue weighted by Gasteiger charge is -2.31. The predicted octanol–water partition coefficient (Wildman–Crippen LogP) is 2.94. The largest absolute Gasteiger partial charge is 0.446 e. The number of carbonyl (C=O) groups is 1. The van der Waals surface area contributed by atoms with Crippen LogP contribution in [0.15, 0.2) is 42.5 Å². The Hall–Kier alpha value is -2.07. The van der Waals surface area contributed by atoms with Crippen molar-refractivity contribution in [3.63, 3.8) is 0 Å². The predicted molar refractivity (Wildman–Crippen MR) is 87.8 cm³/mol. The van der Waals surface area contributed by atoms with Crippen molar-refractivity contribution in [1.29, 1.82) is 0 Å². The van der Waals surface area contributed by atoms with Crippen LogP contribution in [0.2, 0.25) is 0 Å². The highest BCUT2D eigenvalue weighted by molar-refractivity contribution is 5.82. The molecule has 4 nitrogen and oxygen atoms in total. The number of rotatable bonds is 4. The Morgan fingerprint density at radius 3 is 2.59 bits per heavy atom. The molecule has 1 amide bonds. The molecule has 116 valence electrons. The summed E-state index contributed by atoms with van der Waals surface area (Å²) in [6.45, 7) is 2.97. The highest BCUT2D eigenvalue weighted by Crippen LogP contribution is 2.18.